The molecule has 0 atom stereocenters. The highest BCUT2D eigenvalue weighted by atomic mass is 19.1. The molecule has 5 rings (SSSR count). The van der Waals surface area contributed by atoms with E-state index in [1.807, 2.05) is 18.2 Å². The maximum absolute atomic E-state index is 15.6. The summed E-state index contributed by atoms with van der Waals surface area (Å²) in [7, 11) is 0. The molecule has 49 heavy (non-hydrogen) atoms. The molecule has 3 aromatic rings. The number of rotatable bonds is 2. The fourth-order valence-corrected chi connectivity index (χ4v) is 5.74. The molecule has 1 heterocycles. The van der Waals surface area contributed by atoms with Gasteiger partial charge >= 0.3 is 0 Å². The van der Waals surface area contributed by atoms with Crippen LogP contribution in [0.3, 0.4) is 0 Å². The Balaban J connectivity index is 2.15. The zero-order valence-electron chi connectivity index (χ0n) is 23.9. The van der Waals surface area contributed by atoms with Crippen molar-refractivity contribution < 1.29 is 13.2 Å². The zero-order chi connectivity index (χ0) is 35.7. The van der Waals surface area contributed by atoms with Gasteiger partial charge in [-0.2, -0.15) is 25.4 Å². The molecule has 0 unspecified atom stereocenters. The molecule has 0 saturated carbocycles. The summed E-state index contributed by atoms with van der Waals surface area (Å²) >= 11 is 0. The number of nitriles is 6. The monoisotopic (exact) mass is 635 g/mol. The fourth-order valence-electron chi connectivity index (χ4n) is 5.74. The minimum absolute atomic E-state index is 0.260. The Morgan fingerprint density at radius 1 is 0.633 bits per heavy atom. The number of pyridine rings is 1. The average Bonchev–Trinajstić information content (AvgIpc) is 3.62. The topological polar surface area (TPSA) is 173 Å². The summed E-state index contributed by atoms with van der Waals surface area (Å²) < 4.78 is 44.6. The van der Waals surface area contributed by atoms with E-state index >= 15 is 4.39 Å². The second-order valence-corrected chi connectivity index (χ2v) is 9.60. The van der Waals surface area contributed by atoms with E-state index in [1.54, 1.807) is 18.2 Å². The van der Waals surface area contributed by atoms with E-state index in [4.69, 9.17) is 26.3 Å². The Morgan fingerprint density at radius 3 is 1.73 bits per heavy atom. The van der Waals surface area contributed by atoms with Crippen LogP contribution in [0.5, 0.6) is 0 Å². The lowest BCUT2D eigenvalue weighted by Crippen LogP contribution is -2.05. The number of hydrogen-bond donors (Lipinski definition) is 0. The van der Waals surface area contributed by atoms with Gasteiger partial charge in [0.2, 0.25) is 17.3 Å². The summed E-state index contributed by atoms with van der Waals surface area (Å²) in [5.41, 5.74) is -9.79. The summed E-state index contributed by atoms with van der Waals surface area (Å²) in [6, 6.07) is 13.4. The Morgan fingerprint density at radius 2 is 1.22 bits per heavy atom. The molecule has 1 aromatic heterocycles. The Labute approximate surface area is 274 Å². The predicted molar refractivity (Wildman–Crippen MR) is 162 cm³/mol. The van der Waals surface area contributed by atoms with Gasteiger partial charge < -0.3 is 0 Å². The molecule has 0 N–H and O–H groups in total. The van der Waals surface area contributed by atoms with Crippen LogP contribution >= 0.6 is 0 Å². The molecule has 220 valence electrons. The normalized spacial score (nSPS) is 14.1. The maximum atomic E-state index is 15.6. The molecule has 0 saturated heterocycles. The molecule has 11 nitrogen and oxygen atoms in total. The van der Waals surface area contributed by atoms with E-state index in [-0.39, 0.29) is 11.1 Å². The highest BCUT2D eigenvalue weighted by Crippen LogP contribution is 2.59. The first-order valence-electron chi connectivity index (χ1n) is 13.0. The van der Waals surface area contributed by atoms with Crippen molar-refractivity contribution in [3.8, 4) is 36.4 Å². The van der Waals surface area contributed by atoms with Crippen molar-refractivity contribution in [2.75, 3.05) is 0 Å². The first-order valence-corrected chi connectivity index (χ1v) is 13.0. The fraction of sp³-hybridized carbons (Fsp3) is 0. The minimum Gasteiger partial charge on any atom is -0.237 e. The Kier molecular flexibility index (Phi) is 7.73. The van der Waals surface area contributed by atoms with Crippen molar-refractivity contribution in [3.05, 3.63) is 149 Å². The standard InChI is InChI=1S/C35H4F3N11/c1-45-22-8-20(36)16(7-21(22)37)31-34(25(14-44)47-3)30-19(11-41)29-28(18(10-40)32(30)35(31)48-4)17(9-39)27(33(29)24(13-43)46-2)15-5-6-26(38)49-23(15)12-42/h5-8H/b33-24-,34-25-. The van der Waals surface area contributed by atoms with Gasteiger partial charge in [-0.15, -0.1) is 0 Å². The molecule has 2 aliphatic rings. The largest absolute Gasteiger partial charge is 0.270 e. The summed E-state index contributed by atoms with van der Waals surface area (Å²) in [5.74, 6) is -3.58. The van der Waals surface area contributed by atoms with E-state index in [9.17, 15) is 40.4 Å². The van der Waals surface area contributed by atoms with Gasteiger partial charge in [-0.05, 0) is 41.0 Å². The van der Waals surface area contributed by atoms with Crippen molar-refractivity contribution in [1.82, 2.24) is 4.98 Å². The van der Waals surface area contributed by atoms with E-state index in [2.05, 4.69) is 24.4 Å². The third-order valence-corrected chi connectivity index (χ3v) is 7.49. The Bertz CT molecular complexity index is 2710. The molecule has 0 radical (unpaired) electrons. The van der Waals surface area contributed by atoms with Gasteiger partial charge in [0.1, 0.15) is 29.8 Å². The van der Waals surface area contributed by atoms with E-state index < -0.39 is 107 Å². The van der Waals surface area contributed by atoms with Gasteiger partial charge in [0.25, 0.3) is 11.4 Å². The highest BCUT2D eigenvalue weighted by Gasteiger charge is 2.44. The number of hydrogen-bond acceptors (Lipinski definition) is 7. The van der Waals surface area contributed by atoms with E-state index in [0.717, 1.165) is 12.1 Å². The summed E-state index contributed by atoms with van der Waals surface area (Å²) in [6.07, 6.45) is 0. The van der Waals surface area contributed by atoms with Crippen LogP contribution in [0.1, 0.15) is 50.2 Å². The molecule has 0 spiro atoms. The molecule has 2 aromatic carbocycles. The zero-order valence-corrected chi connectivity index (χ0v) is 23.9. The van der Waals surface area contributed by atoms with Crippen molar-refractivity contribution in [1.29, 1.82) is 31.6 Å². The maximum Gasteiger partial charge on any atom is 0.270 e. The highest BCUT2D eigenvalue weighted by molar-refractivity contribution is 6.31. The molecule has 14 heteroatoms. The second-order valence-electron chi connectivity index (χ2n) is 9.60. The van der Waals surface area contributed by atoms with Crippen LogP contribution in [-0.4, -0.2) is 4.98 Å². The van der Waals surface area contributed by atoms with Crippen LogP contribution < -0.4 is 0 Å². The molecule has 0 bridgehead atoms. The number of fused-ring (bicyclic) bond motifs is 2. The number of aromatic nitrogens is 1. The van der Waals surface area contributed by atoms with Crippen LogP contribution in [0.15, 0.2) is 35.7 Å². The quantitative estimate of drug-likeness (QED) is 0.162. The van der Waals surface area contributed by atoms with Gasteiger partial charge in [-0.3, -0.25) is 0 Å². The van der Waals surface area contributed by atoms with Crippen molar-refractivity contribution >= 4 is 39.2 Å². The lowest BCUT2D eigenvalue weighted by atomic mass is 9.83. The van der Waals surface area contributed by atoms with Gasteiger partial charge in [-0.1, -0.05) is 0 Å². The number of halogens is 3. The molecular formula is C35H4F3N11. The van der Waals surface area contributed by atoms with Gasteiger partial charge in [0, 0.05) is 39.0 Å². The van der Waals surface area contributed by atoms with Crippen LogP contribution in [0.2, 0.25) is 0 Å². The smallest absolute Gasteiger partial charge is 0.237 e. The third kappa shape index (κ3) is 4.32. The van der Waals surface area contributed by atoms with Gasteiger partial charge in [0.05, 0.1) is 61.2 Å². The number of nitrogens with zero attached hydrogens (tertiary/aromatic N) is 11. The molecular weight excluding hydrogens is 631 g/mol. The average molecular weight is 635 g/mol. The molecule has 0 fully saturated rings. The first kappa shape index (κ1) is 31.7. The summed E-state index contributed by atoms with van der Waals surface area (Å²) in [4.78, 5) is 16.2. The van der Waals surface area contributed by atoms with E-state index in [0.29, 0.717) is 12.1 Å². The Hall–Kier alpha value is -8.76. The first-order chi connectivity index (χ1) is 23.7. The lowest BCUT2D eigenvalue weighted by Gasteiger charge is -2.17. The van der Waals surface area contributed by atoms with Gasteiger partial charge in [0.15, 0.2) is 5.69 Å². The van der Waals surface area contributed by atoms with Gasteiger partial charge in [-0.25, -0.2) is 43.7 Å². The van der Waals surface area contributed by atoms with Crippen LogP contribution in [0.4, 0.5) is 18.9 Å². The number of allylic oxidation sites excluding steroid dienone is 7. The van der Waals surface area contributed by atoms with Crippen molar-refractivity contribution in [2.45, 2.75) is 0 Å². The van der Waals surface area contributed by atoms with Crippen LogP contribution in [-0.2, 0) is 0 Å². The van der Waals surface area contributed by atoms with Crippen LogP contribution in [0, 0.1) is 112 Å². The molecule has 0 amide bonds. The number of benzene rings is 2. The summed E-state index contributed by atoms with van der Waals surface area (Å²) in [6.45, 7) is 30.6. The summed E-state index contributed by atoms with van der Waals surface area (Å²) in [5, 5.41) is 61.6. The van der Waals surface area contributed by atoms with E-state index in [1.165, 1.54) is 0 Å². The lowest BCUT2D eigenvalue weighted by molar-refractivity contribution is 0.582. The minimum atomic E-state index is -1.26. The van der Waals surface area contributed by atoms with Crippen molar-refractivity contribution in [2.24, 2.45) is 0 Å². The predicted octanol–water partition coefficient (Wildman–Crippen LogP) is 7.22. The van der Waals surface area contributed by atoms with Crippen molar-refractivity contribution in [3.63, 3.8) is 0 Å². The molecule has 0 aliphatic heterocycles. The van der Waals surface area contributed by atoms with Crippen LogP contribution in [0.25, 0.3) is 52.9 Å². The molecule has 2 aliphatic carbocycles. The second kappa shape index (κ2) is 12.0. The third-order valence-electron chi connectivity index (χ3n) is 7.49. The SMILES string of the molecule is [C-]#[N+]C1=C(c2cc(F)c([N+]#[C-])cc2F)/C(=C(/C#N)[N+]#[C-])c2c(C#N)c3c(c(C#N)c21)C(C#N)=C(c1ccc(F)nc1C#N)/C3=C(\C#N)[N+]#[C-].